The molecule has 1 aromatic carbocycles. The van der Waals surface area contributed by atoms with E-state index in [1.54, 1.807) is 0 Å². The Morgan fingerprint density at radius 3 is 3.10 bits per heavy atom. The number of anilines is 1. The van der Waals surface area contributed by atoms with Crippen LogP contribution in [0.15, 0.2) is 24.3 Å². The molecule has 3 heterocycles. The lowest BCUT2D eigenvalue weighted by molar-refractivity contribution is -0.141. The predicted octanol–water partition coefficient (Wildman–Crippen LogP) is 1.17. The molecule has 21 heavy (non-hydrogen) atoms. The Morgan fingerprint density at radius 2 is 2.14 bits per heavy atom. The number of carbonyl (C=O) groups is 1. The number of carbonyl (C=O) groups excluding carboxylic acids is 1. The van der Waals surface area contributed by atoms with Gasteiger partial charge in [0.1, 0.15) is 5.75 Å². The summed E-state index contributed by atoms with van der Waals surface area (Å²) in [6.45, 7) is 4.45. The summed E-state index contributed by atoms with van der Waals surface area (Å²) in [6.07, 6.45) is 2.09. The fourth-order valence-corrected chi connectivity index (χ4v) is 3.65. The number of para-hydroxylation sites is 2. The Morgan fingerprint density at radius 1 is 1.24 bits per heavy atom. The zero-order valence-corrected chi connectivity index (χ0v) is 12.1. The van der Waals surface area contributed by atoms with E-state index in [4.69, 9.17) is 4.74 Å². The molecule has 0 saturated carbocycles. The molecule has 5 heteroatoms. The maximum Gasteiger partial charge on any atom is 0.265 e. The van der Waals surface area contributed by atoms with Crippen molar-refractivity contribution in [2.75, 3.05) is 38.0 Å². The van der Waals surface area contributed by atoms with Gasteiger partial charge in [-0.2, -0.15) is 0 Å². The van der Waals surface area contributed by atoms with Crippen LogP contribution >= 0.6 is 0 Å². The van der Waals surface area contributed by atoms with Gasteiger partial charge < -0.3 is 15.0 Å². The molecule has 5 nitrogen and oxygen atoms in total. The topological polar surface area (TPSA) is 44.8 Å². The smallest absolute Gasteiger partial charge is 0.265 e. The van der Waals surface area contributed by atoms with E-state index >= 15 is 0 Å². The summed E-state index contributed by atoms with van der Waals surface area (Å²) >= 11 is 0. The van der Waals surface area contributed by atoms with Crippen molar-refractivity contribution in [1.29, 1.82) is 0 Å². The average Bonchev–Trinajstić information content (AvgIpc) is 3.01. The zero-order chi connectivity index (χ0) is 14.2. The average molecular weight is 287 g/mol. The van der Waals surface area contributed by atoms with Crippen LogP contribution in [-0.2, 0) is 4.79 Å². The maximum absolute atomic E-state index is 12.7. The highest BCUT2D eigenvalue weighted by atomic mass is 16.5. The Hall–Kier alpha value is -1.75. The highest BCUT2D eigenvalue weighted by Gasteiger charge is 2.36. The molecule has 0 radical (unpaired) electrons. The molecule has 3 aliphatic heterocycles. The normalized spacial score (nSPS) is 28.3. The van der Waals surface area contributed by atoms with Crippen LogP contribution in [0.1, 0.15) is 12.8 Å². The van der Waals surface area contributed by atoms with Crippen molar-refractivity contribution >= 4 is 11.6 Å². The van der Waals surface area contributed by atoms with Crippen molar-refractivity contribution in [3.63, 3.8) is 0 Å². The van der Waals surface area contributed by atoms with Gasteiger partial charge in [0, 0.05) is 25.7 Å². The van der Waals surface area contributed by atoms with Gasteiger partial charge in [-0.15, -0.1) is 0 Å². The van der Waals surface area contributed by atoms with Gasteiger partial charge in [0.25, 0.3) is 5.91 Å². The minimum Gasteiger partial charge on any atom is -0.477 e. The van der Waals surface area contributed by atoms with Crippen molar-refractivity contribution in [3.05, 3.63) is 24.3 Å². The van der Waals surface area contributed by atoms with Crippen molar-refractivity contribution < 1.29 is 9.53 Å². The molecule has 0 aromatic heterocycles. The molecule has 2 fully saturated rings. The lowest BCUT2D eigenvalue weighted by Crippen LogP contribution is -2.56. The molecular formula is C16H21N3O2. The van der Waals surface area contributed by atoms with Crippen LogP contribution in [0, 0.1) is 0 Å². The highest BCUT2D eigenvalue weighted by Crippen LogP contribution is 2.29. The van der Waals surface area contributed by atoms with Crippen molar-refractivity contribution in [1.82, 2.24) is 9.80 Å². The molecule has 2 atom stereocenters. The Bertz CT molecular complexity index is 548. The van der Waals surface area contributed by atoms with Gasteiger partial charge in [-0.3, -0.25) is 9.69 Å². The number of piperazine rings is 1. The zero-order valence-electron chi connectivity index (χ0n) is 12.1. The molecule has 0 aliphatic carbocycles. The number of amides is 1. The molecule has 4 rings (SSSR count). The molecule has 1 amide bonds. The summed E-state index contributed by atoms with van der Waals surface area (Å²) in [7, 11) is 0. The summed E-state index contributed by atoms with van der Waals surface area (Å²) in [5, 5.41) is 3.30. The number of rotatable bonds is 1. The third-order valence-electron chi connectivity index (χ3n) is 4.81. The van der Waals surface area contributed by atoms with Crippen LogP contribution in [0.25, 0.3) is 0 Å². The maximum atomic E-state index is 12.7. The van der Waals surface area contributed by atoms with E-state index < -0.39 is 6.10 Å². The van der Waals surface area contributed by atoms with Gasteiger partial charge in [-0.25, -0.2) is 0 Å². The molecule has 0 bridgehead atoms. The Balaban J connectivity index is 1.44. The Kier molecular flexibility index (Phi) is 3.22. The number of nitrogens with one attached hydrogen (secondary N) is 1. The molecule has 112 valence electrons. The predicted molar refractivity (Wildman–Crippen MR) is 80.5 cm³/mol. The van der Waals surface area contributed by atoms with Crippen LogP contribution in [0.5, 0.6) is 5.75 Å². The highest BCUT2D eigenvalue weighted by molar-refractivity contribution is 5.83. The van der Waals surface area contributed by atoms with E-state index in [9.17, 15) is 4.79 Å². The minimum atomic E-state index is -0.396. The van der Waals surface area contributed by atoms with Crippen molar-refractivity contribution in [2.24, 2.45) is 0 Å². The van der Waals surface area contributed by atoms with Gasteiger partial charge in [0.05, 0.1) is 12.2 Å². The van der Waals surface area contributed by atoms with Crippen molar-refractivity contribution in [3.8, 4) is 5.75 Å². The molecule has 2 saturated heterocycles. The first-order valence-electron chi connectivity index (χ1n) is 7.83. The Labute approximate surface area is 124 Å². The van der Waals surface area contributed by atoms with Crippen LogP contribution < -0.4 is 10.1 Å². The number of hydrogen-bond acceptors (Lipinski definition) is 4. The molecule has 1 N–H and O–H groups in total. The SMILES string of the molecule is O=C(C1CNc2ccccc2O1)N1CCN2CCCC2C1. The fourth-order valence-electron chi connectivity index (χ4n) is 3.65. The molecule has 0 spiro atoms. The first-order valence-corrected chi connectivity index (χ1v) is 7.83. The summed E-state index contributed by atoms with van der Waals surface area (Å²) in [6, 6.07) is 8.36. The van der Waals surface area contributed by atoms with E-state index in [1.807, 2.05) is 29.2 Å². The molecule has 1 aromatic rings. The summed E-state index contributed by atoms with van der Waals surface area (Å²) < 4.78 is 5.89. The fraction of sp³-hybridized carbons (Fsp3) is 0.562. The summed E-state index contributed by atoms with van der Waals surface area (Å²) in [5.41, 5.74) is 0.974. The number of nitrogens with zero attached hydrogens (tertiary/aromatic N) is 2. The van der Waals surface area contributed by atoms with Gasteiger partial charge in [-0.1, -0.05) is 12.1 Å². The number of ether oxygens (including phenoxy) is 1. The third-order valence-corrected chi connectivity index (χ3v) is 4.81. The van der Waals surface area contributed by atoms with Gasteiger partial charge in [0.15, 0.2) is 6.10 Å². The molecule has 3 aliphatic rings. The van der Waals surface area contributed by atoms with Crippen molar-refractivity contribution in [2.45, 2.75) is 25.0 Å². The largest absolute Gasteiger partial charge is 0.477 e. The quantitative estimate of drug-likeness (QED) is 0.842. The second kappa shape index (κ2) is 5.22. The van der Waals surface area contributed by atoms with Crippen LogP contribution in [0.4, 0.5) is 5.69 Å². The molecule has 2 unspecified atom stereocenters. The second-order valence-corrected chi connectivity index (χ2v) is 6.10. The van der Waals surface area contributed by atoms with Gasteiger partial charge >= 0.3 is 0 Å². The minimum absolute atomic E-state index is 0.128. The monoisotopic (exact) mass is 287 g/mol. The van der Waals surface area contributed by atoms with Crippen LogP contribution in [-0.4, -0.2) is 60.6 Å². The van der Waals surface area contributed by atoms with E-state index in [0.717, 1.165) is 31.1 Å². The van der Waals surface area contributed by atoms with Gasteiger partial charge in [-0.05, 0) is 31.5 Å². The lowest BCUT2D eigenvalue weighted by atomic mass is 10.1. The van der Waals surface area contributed by atoms with E-state index in [-0.39, 0.29) is 5.91 Å². The lowest BCUT2D eigenvalue weighted by Gasteiger charge is -2.39. The summed E-state index contributed by atoms with van der Waals surface area (Å²) in [4.78, 5) is 17.2. The van der Waals surface area contributed by atoms with E-state index in [0.29, 0.717) is 12.6 Å². The second-order valence-electron chi connectivity index (χ2n) is 6.10. The third kappa shape index (κ3) is 2.35. The van der Waals surface area contributed by atoms with Crippen LogP contribution in [0.3, 0.4) is 0 Å². The van der Waals surface area contributed by atoms with Gasteiger partial charge in [0.2, 0.25) is 0 Å². The number of hydrogen-bond donors (Lipinski definition) is 1. The van der Waals surface area contributed by atoms with Crippen LogP contribution in [0.2, 0.25) is 0 Å². The van der Waals surface area contributed by atoms with E-state index in [2.05, 4.69) is 10.2 Å². The number of benzene rings is 1. The summed E-state index contributed by atoms with van der Waals surface area (Å²) in [5.74, 6) is 0.908. The number of fused-ring (bicyclic) bond motifs is 2. The first-order chi connectivity index (χ1) is 10.3. The standard InChI is InChI=1S/C16H21N3O2/c20-16(19-9-8-18-7-3-4-12(18)11-19)15-10-17-13-5-1-2-6-14(13)21-15/h1-2,5-6,12,15,17H,3-4,7-11H2. The van der Waals surface area contributed by atoms with E-state index in [1.165, 1.54) is 19.4 Å². The molecular weight excluding hydrogens is 266 g/mol. The first kappa shape index (κ1) is 13.0.